The van der Waals surface area contributed by atoms with E-state index < -0.39 is 20.3 Å². The fourth-order valence-corrected chi connectivity index (χ4v) is 6.38. The van der Waals surface area contributed by atoms with Crippen molar-refractivity contribution in [2.75, 3.05) is 7.05 Å². The smallest absolute Gasteiger partial charge is 0.261 e. The second-order valence-electron chi connectivity index (χ2n) is 12.8. The fourth-order valence-electron chi connectivity index (χ4n) is 5.07. The molecule has 0 spiro atoms. The maximum atomic E-state index is 12.6. The number of aliphatic hydroxyl groups is 1. The number of hydrogen-bond donors (Lipinski definition) is 1. The van der Waals surface area contributed by atoms with Gasteiger partial charge in [0, 0.05) is 13.5 Å². The maximum Gasteiger partial charge on any atom is 0.261 e. The van der Waals surface area contributed by atoms with E-state index in [1.807, 2.05) is 44.2 Å². The van der Waals surface area contributed by atoms with E-state index in [1.54, 1.807) is 25.3 Å². The molecule has 0 aliphatic carbocycles. The van der Waals surface area contributed by atoms with E-state index in [0.717, 1.165) is 6.42 Å². The normalized spacial score (nSPS) is 31.6. The van der Waals surface area contributed by atoms with Crippen LogP contribution < -0.4 is 0 Å². The summed E-state index contributed by atoms with van der Waals surface area (Å²) in [6.07, 6.45) is 19.0. The first kappa shape index (κ1) is 32.0. The Bertz CT molecular complexity index is 1120. The Morgan fingerprint density at radius 1 is 1.02 bits per heavy atom. The zero-order valence-electron chi connectivity index (χ0n) is 25.5. The minimum Gasteiger partial charge on any atom is -0.507 e. The van der Waals surface area contributed by atoms with Crippen LogP contribution in [0, 0.1) is 5.92 Å². The molecule has 0 aromatic heterocycles. The van der Waals surface area contributed by atoms with Crippen LogP contribution in [0.4, 0.5) is 0 Å². The molecular formula is C32H47NO6Si. The van der Waals surface area contributed by atoms with Gasteiger partial charge in [-0.2, -0.15) is 0 Å². The minimum absolute atomic E-state index is 0.0242. The Kier molecular flexibility index (Phi) is 10.4. The molecule has 3 fully saturated rings. The third kappa shape index (κ3) is 7.21. The van der Waals surface area contributed by atoms with E-state index >= 15 is 0 Å². The van der Waals surface area contributed by atoms with E-state index in [2.05, 4.69) is 46.9 Å². The van der Waals surface area contributed by atoms with Gasteiger partial charge < -0.3 is 23.9 Å². The second kappa shape index (κ2) is 13.0. The van der Waals surface area contributed by atoms with Crippen molar-refractivity contribution in [1.29, 1.82) is 0 Å². The number of likely N-dealkylation sites (tertiary alicyclic amines) is 1. The Labute approximate surface area is 241 Å². The molecule has 1 amide bonds. The maximum absolute atomic E-state index is 12.6. The molecule has 3 aliphatic heterocycles. The lowest BCUT2D eigenvalue weighted by Crippen LogP contribution is -2.49. The van der Waals surface area contributed by atoms with Crippen LogP contribution in [-0.4, -0.2) is 73.6 Å². The monoisotopic (exact) mass is 569 g/mol. The Balaban J connectivity index is 1.55. The van der Waals surface area contributed by atoms with Crippen molar-refractivity contribution in [3.8, 4) is 0 Å². The number of likely N-dealkylation sites (N-methyl/N-ethyl adjacent to an activating group) is 1. The van der Waals surface area contributed by atoms with Crippen LogP contribution in [-0.2, 0) is 23.5 Å². The summed E-state index contributed by atoms with van der Waals surface area (Å²) in [7, 11) is -0.405. The predicted molar refractivity (Wildman–Crippen MR) is 161 cm³/mol. The molecule has 3 aliphatic rings. The largest absolute Gasteiger partial charge is 0.507 e. The number of carbonyl (C=O) groups is 2. The number of allylic oxidation sites excluding steroid dienone is 9. The fraction of sp³-hybridized carbons (Fsp3) is 0.562. The van der Waals surface area contributed by atoms with Gasteiger partial charge in [-0.25, -0.2) is 0 Å². The molecule has 0 bridgehead atoms. The number of ether oxygens (including phenoxy) is 2. The standard InChI is InChI=1S/C32H47NO6Si/c1-21(2)27-28(35)26(31(36)33(27)7)23(34)18-16-14-12-10-11-13-15-17-19-24-30(39-40(8,9)32(4,5)6)29-25(38-24)20-22(3)37-29/h10-19,21-22,24-25,27,29-30,34H,20H2,1-9H3/b11-10+,14-12+,15-13+,18-16+,19-17+,26-23-/t22-,24+,25-,27+,29+,30-/m1/s1. The van der Waals surface area contributed by atoms with E-state index in [-0.39, 0.29) is 58.6 Å². The van der Waals surface area contributed by atoms with Gasteiger partial charge in [0.05, 0.1) is 18.2 Å². The lowest BCUT2D eigenvalue weighted by Gasteiger charge is -2.40. The van der Waals surface area contributed by atoms with Crippen molar-refractivity contribution in [1.82, 2.24) is 4.90 Å². The van der Waals surface area contributed by atoms with Gasteiger partial charge in [-0.1, -0.05) is 89.3 Å². The SMILES string of the molecule is CC(C)[C@H]1C(=O)\C(=C(O)/C=C/C=C/C=C/C=C/C=C/[C@@H]2O[C@@H]3C[C@@H](C)O[C@@H]3[C@@H]2O[Si](C)(C)C(C)(C)C)C(=O)N1C. The van der Waals surface area contributed by atoms with Crippen molar-refractivity contribution < 1.29 is 28.6 Å². The van der Waals surface area contributed by atoms with Gasteiger partial charge in [0.25, 0.3) is 5.91 Å². The Morgan fingerprint density at radius 3 is 2.15 bits per heavy atom. The number of Topliss-reactive ketones (excluding diaryl/α,β-unsaturated/α-hetero) is 1. The predicted octanol–water partition coefficient (Wildman–Crippen LogP) is 5.98. The van der Waals surface area contributed by atoms with Crippen molar-refractivity contribution in [3.63, 3.8) is 0 Å². The van der Waals surface area contributed by atoms with Gasteiger partial charge in [0.1, 0.15) is 29.6 Å². The van der Waals surface area contributed by atoms with E-state index in [4.69, 9.17) is 13.9 Å². The number of fused-ring (bicyclic) bond motifs is 1. The van der Waals surface area contributed by atoms with E-state index in [0.29, 0.717) is 0 Å². The number of carbonyl (C=O) groups excluding carboxylic acids is 2. The molecule has 3 heterocycles. The molecule has 220 valence electrons. The van der Waals surface area contributed by atoms with Gasteiger partial charge in [-0.15, -0.1) is 0 Å². The molecule has 0 unspecified atom stereocenters. The van der Waals surface area contributed by atoms with Crippen LogP contribution in [0.5, 0.6) is 0 Å². The summed E-state index contributed by atoms with van der Waals surface area (Å²) in [5, 5.41) is 10.4. The highest BCUT2D eigenvalue weighted by Crippen LogP contribution is 2.43. The van der Waals surface area contributed by atoms with Crippen LogP contribution in [0.1, 0.15) is 48.0 Å². The summed E-state index contributed by atoms with van der Waals surface area (Å²) in [5.41, 5.74) is -0.149. The highest BCUT2D eigenvalue weighted by Gasteiger charge is 2.53. The zero-order valence-corrected chi connectivity index (χ0v) is 26.5. The molecule has 3 rings (SSSR count). The van der Waals surface area contributed by atoms with E-state index in [9.17, 15) is 14.7 Å². The Morgan fingerprint density at radius 2 is 1.60 bits per heavy atom. The molecule has 3 saturated heterocycles. The van der Waals surface area contributed by atoms with E-state index in [1.165, 1.54) is 11.0 Å². The number of nitrogens with zero attached hydrogens (tertiary/aromatic N) is 1. The third-order valence-electron chi connectivity index (χ3n) is 8.22. The highest BCUT2D eigenvalue weighted by atomic mass is 28.4. The first-order chi connectivity index (χ1) is 18.7. The van der Waals surface area contributed by atoms with Crippen molar-refractivity contribution in [2.24, 2.45) is 5.92 Å². The number of ketones is 1. The average Bonchev–Trinajstić information content (AvgIpc) is 3.42. The third-order valence-corrected chi connectivity index (χ3v) is 12.7. The van der Waals surface area contributed by atoms with Gasteiger partial charge in [-0.05, 0) is 37.0 Å². The molecule has 0 aromatic carbocycles. The van der Waals surface area contributed by atoms with Crippen LogP contribution >= 0.6 is 0 Å². The van der Waals surface area contributed by atoms with Gasteiger partial charge >= 0.3 is 0 Å². The summed E-state index contributed by atoms with van der Waals surface area (Å²) in [4.78, 5) is 26.3. The van der Waals surface area contributed by atoms with Crippen molar-refractivity contribution in [3.05, 3.63) is 72.1 Å². The molecule has 8 heteroatoms. The molecule has 1 N–H and O–H groups in total. The summed E-state index contributed by atoms with van der Waals surface area (Å²) < 4.78 is 19.3. The van der Waals surface area contributed by atoms with Crippen LogP contribution in [0.25, 0.3) is 0 Å². The summed E-state index contributed by atoms with van der Waals surface area (Å²) >= 11 is 0. The molecular weight excluding hydrogens is 522 g/mol. The van der Waals surface area contributed by atoms with Crippen LogP contribution in [0.3, 0.4) is 0 Å². The van der Waals surface area contributed by atoms with Gasteiger partial charge in [0.15, 0.2) is 14.1 Å². The molecule has 0 radical (unpaired) electrons. The van der Waals surface area contributed by atoms with Crippen LogP contribution in [0.15, 0.2) is 72.1 Å². The first-order valence-corrected chi connectivity index (χ1v) is 17.1. The number of rotatable bonds is 9. The lowest BCUT2D eigenvalue weighted by molar-refractivity contribution is -0.126. The number of hydrogen-bond acceptors (Lipinski definition) is 6. The van der Waals surface area contributed by atoms with Gasteiger partial charge in [-0.3, -0.25) is 9.59 Å². The Hall–Kier alpha value is -2.52. The molecule has 6 atom stereocenters. The first-order valence-electron chi connectivity index (χ1n) is 14.2. The number of amides is 1. The molecule has 0 aromatic rings. The van der Waals surface area contributed by atoms with Gasteiger partial charge in [0.2, 0.25) is 0 Å². The van der Waals surface area contributed by atoms with Crippen molar-refractivity contribution >= 4 is 20.0 Å². The van der Waals surface area contributed by atoms with Crippen LogP contribution in [0.2, 0.25) is 18.1 Å². The lowest BCUT2D eigenvalue weighted by atomic mass is 9.98. The summed E-state index contributed by atoms with van der Waals surface area (Å²) in [5.74, 6) is -1.11. The topological polar surface area (TPSA) is 85.3 Å². The summed E-state index contributed by atoms with van der Waals surface area (Å²) in [6.45, 7) is 17.1. The quantitative estimate of drug-likeness (QED) is 0.121. The van der Waals surface area contributed by atoms with Crippen molar-refractivity contribution in [2.45, 2.75) is 103 Å². The minimum atomic E-state index is -1.99. The summed E-state index contributed by atoms with van der Waals surface area (Å²) in [6, 6.07) is -0.537. The zero-order chi connectivity index (χ0) is 29.8. The molecule has 0 saturated carbocycles. The molecule has 7 nitrogen and oxygen atoms in total. The number of aliphatic hydroxyl groups excluding tert-OH is 1. The average molecular weight is 570 g/mol. The molecule has 40 heavy (non-hydrogen) atoms. The second-order valence-corrected chi connectivity index (χ2v) is 17.5. The highest BCUT2D eigenvalue weighted by molar-refractivity contribution is 6.74.